The molecule has 0 saturated heterocycles. The second-order valence-corrected chi connectivity index (χ2v) is 5.05. The Labute approximate surface area is 132 Å². The maximum Gasteiger partial charge on any atom is 0.303 e. The molecule has 0 aromatic carbocycles. The summed E-state index contributed by atoms with van der Waals surface area (Å²) < 4.78 is 0. The molecule has 0 rings (SSSR count). The highest BCUT2D eigenvalue weighted by molar-refractivity contribution is 5.90. The van der Waals surface area contributed by atoms with Crippen LogP contribution in [0.4, 0.5) is 0 Å². The van der Waals surface area contributed by atoms with Crippen LogP contribution in [-0.2, 0) is 14.4 Å². The van der Waals surface area contributed by atoms with E-state index in [1.165, 1.54) is 12.2 Å². The summed E-state index contributed by atoms with van der Waals surface area (Å²) in [5.74, 6) is -0.584. The third-order valence-electron chi connectivity index (χ3n) is 3.06. The van der Waals surface area contributed by atoms with E-state index < -0.39 is 5.97 Å². The summed E-state index contributed by atoms with van der Waals surface area (Å²) in [5, 5.41) is 8.49. The van der Waals surface area contributed by atoms with Crippen LogP contribution in [0.5, 0.6) is 0 Å². The number of aliphatic carboxylic acids is 1. The molecule has 0 radical (unpaired) electrons. The van der Waals surface area contributed by atoms with Crippen molar-refractivity contribution in [1.29, 1.82) is 0 Å². The number of carboxylic acid groups (broad SMARTS) is 1. The van der Waals surface area contributed by atoms with Gasteiger partial charge in [-0.2, -0.15) is 0 Å². The number of carbonyl (C=O) groups excluding carboxylic acids is 2. The Morgan fingerprint density at radius 1 is 0.727 bits per heavy atom. The molecule has 0 amide bonds. The van der Waals surface area contributed by atoms with E-state index >= 15 is 0 Å². The van der Waals surface area contributed by atoms with Crippen LogP contribution in [-0.4, -0.2) is 22.6 Å². The molecule has 0 heterocycles. The molecule has 1 N–H and O–H groups in total. The predicted molar refractivity (Wildman–Crippen MR) is 87.7 cm³/mol. The second kappa shape index (κ2) is 14.0. The van der Waals surface area contributed by atoms with Crippen molar-refractivity contribution in [3.8, 4) is 0 Å². The predicted octanol–water partition coefficient (Wildman–Crippen LogP) is 4.02. The maximum atomic E-state index is 11.5. The van der Waals surface area contributed by atoms with Crippen LogP contribution in [0, 0.1) is 0 Å². The Bertz CT molecular complexity index is 430. The average molecular weight is 306 g/mol. The van der Waals surface area contributed by atoms with Crippen LogP contribution < -0.4 is 0 Å². The SMILES string of the molecule is CCC(=O)/C=C/C=C\C=C\C(=O)CCCCCCCC(=O)O. The molecule has 4 nitrogen and oxygen atoms in total. The maximum absolute atomic E-state index is 11.5. The van der Waals surface area contributed by atoms with Crippen molar-refractivity contribution in [2.45, 2.75) is 58.3 Å². The summed E-state index contributed by atoms with van der Waals surface area (Å²) in [6.07, 6.45) is 15.5. The lowest BCUT2D eigenvalue weighted by Crippen LogP contribution is -1.94. The highest BCUT2D eigenvalue weighted by Crippen LogP contribution is 2.07. The lowest BCUT2D eigenvalue weighted by atomic mass is 10.1. The summed E-state index contributed by atoms with van der Waals surface area (Å²) in [7, 11) is 0. The van der Waals surface area contributed by atoms with Crippen LogP contribution in [0.3, 0.4) is 0 Å². The summed E-state index contributed by atoms with van der Waals surface area (Å²) in [4.78, 5) is 32.8. The lowest BCUT2D eigenvalue weighted by molar-refractivity contribution is -0.137. The number of allylic oxidation sites excluding steroid dienone is 6. The number of carboxylic acids is 1. The molecule has 0 fully saturated rings. The zero-order chi connectivity index (χ0) is 16.6. The van der Waals surface area contributed by atoms with Gasteiger partial charge < -0.3 is 5.11 Å². The highest BCUT2D eigenvalue weighted by atomic mass is 16.4. The van der Waals surface area contributed by atoms with Gasteiger partial charge in [-0.1, -0.05) is 50.5 Å². The van der Waals surface area contributed by atoms with Crippen molar-refractivity contribution in [3.63, 3.8) is 0 Å². The Balaban J connectivity index is 3.62. The zero-order valence-corrected chi connectivity index (χ0v) is 13.3. The first-order valence-corrected chi connectivity index (χ1v) is 7.85. The van der Waals surface area contributed by atoms with Gasteiger partial charge in [-0.25, -0.2) is 0 Å². The van der Waals surface area contributed by atoms with Gasteiger partial charge >= 0.3 is 5.97 Å². The molecule has 0 atom stereocenters. The van der Waals surface area contributed by atoms with E-state index in [4.69, 9.17) is 5.11 Å². The van der Waals surface area contributed by atoms with Crippen LogP contribution in [0.1, 0.15) is 58.3 Å². The first-order chi connectivity index (χ1) is 10.6. The van der Waals surface area contributed by atoms with Crippen molar-refractivity contribution in [3.05, 3.63) is 36.5 Å². The molecular formula is C18H26O4. The van der Waals surface area contributed by atoms with E-state index in [-0.39, 0.29) is 18.0 Å². The quantitative estimate of drug-likeness (QED) is 0.317. The smallest absolute Gasteiger partial charge is 0.303 e. The van der Waals surface area contributed by atoms with Crippen molar-refractivity contribution < 1.29 is 19.5 Å². The normalized spacial score (nSPS) is 11.7. The van der Waals surface area contributed by atoms with E-state index in [1.54, 1.807) is 31.2 Å². The fraction of sp³-hybridized carbons (Fsp3) is 0.500. The molecule has 4 heteroatoms. The molecule has 0 spiro atoms. The summed E-state index contributed by atoms with van der Waals surface area (Å²) in [5.41, 5.74) is 0. The largest absolute Gasteiger partial charge is 0.481 e. The van der Waals surface area contributed by atoms with Gasteiger partial charge in [-0.05, 0) is 25.0 Å². The van der Waals surface area contributed by atoms with Crippen LogP contribution >= 0.6 is 0 Å². The molecule has 0 aliphatic heterocycles. The third-order valence-corrected chi connectivity index (χ3v) is 3.06. The van der Waals surface area contributed by atoms with Gasteiger partial charge in [-0.15, -0.1) is 0 Å². The number of carbonyl (C=O) groups is 3. The van der Waals surface area contributed by atoms with Crippen LogP contribution in [0.25, 0.3) is 0 Å². The highest BCUT2D eigenvalue weighted by Gasteiger charge is 1.98. The van der Waals surface area contributed by atoms with E-state index in [9.17, 15) is 14.4 Å². The molecule has 0 aliphatic rings. The van der Waals surface area contributed by atoms with Gasteiger partial charge in [0, 0.05) is 19.3 Å². The fourth-order valence-electron chi connectivity index (χ4n) is 1.76. The topological polar surface area (TPSA) is 71.4 Å². The summed E-state index contributed by atoms with van der Waals surface area (Å²) in [6, 6.07) is 0. The van der Waals surface area contributed by atoms with Gasteiger partial charge in [0.05, 0.1) is 0 Å². The van der Waals surface area contributed by atoms with Crippen LogP contribution in [0.15, 0.2) is 36.5 Å². The number of rotatable bonds is 13. The molecule has 0 aliphatic carbocycles. The van der Waals surface area contributed by atoms with Crippen molar-refractivity contribution >= 4 is 17.5 Å². The van der Waals surface area contributed by atoms with Crippen molar-refractivity contribution in [2.75, 3.05) is 0 Å². The van der Waals surface area contributed by atoms with Gasteiger partial charge in [0.1, 0.15) is 0 Å². The zero-order valence-electron chi connectivity index (χ0n) is 13.3. The lowest BCUT2D eigenvalue weighted by Gasteiger charge is -1.98. The average Bonchev–Trinajstić information content (AvgIpc) is 2.49. The molecule has 122 valence electrons. The van der Waals surface area contributed by atoms with E-state index in [0.717, 1.165) is 25.7 Å². The minimum absolute atomic E-state index is 0.0769. The first-order valence-electron chi connectivity index (χ1n) is 7.85. The Hall–Kier alpha value is -1.97. The Kier molecular flexibility index (Phi) is 12.7. The molecule has 0 saturated carbocycles. The standard InChI is InChI=1S/C18H26O4/c1-2-16(19)12-8-6-7-10-14-17(20)13-9-4-3-5-11-15-18(21)22/h6-8,10,12,14H,2-5,9,11,13,15H2,1H3,(H,21,22)/b7-6-,12-8+,14-10+. The van der Waals surface area contributed by atoms with Crippen molar-refractivity contribution in [1.82, 2.24) is 0 Å². The number of hydrogen-bond acceptors (Lipinski definition) is 3. The number of hydrogen-bond donors (Lipinski definition) is 1. The summed E-state index contributed by atoms with van der Waals surface area (Å²) in [6.45, 7) is 1.81. The Morgan fingerprint density at radius 2 is 1.23 bits per heavy atom. The van der Waals surface area contributed by atoms with E-state index in [1.807, 2.05) is 0 Å². The minimum Gasteiger partial charge on any atom is -0.481 e. The molecule has 0 unspecified atom stereocenters. The fourth-order valence-corrected chi connectivity index (χ4v) is 1.76. The second-order valence-electron chi connectivity index (χ2n) is 5.05. The number of unbranched alkanes of at least 4 members (excludes halogenated alkanes) is 4. The Morgan fingerprint density at radius 3 is 1.77 bits per heavy atom. The van der Waals surface area contributed by atoms with E-state index in [2.05, 4.69) is 0 Å². The third kappa shape index (κ3) is 14.4. The van der Waals surface area contributed by atoms with Gasteiger partial charge in [0.25, 0.3) is 0 Å². The molecule has 22 heavy (non-hydrogen) atoms. The van der Waals surface area contributed by atoms with E-state index in [0.29, 0.717) is 19.3 Å². The molecule has 0 bridgehead atoms. The minimum atomic E-state index is -0.748. The van der Waals surface area contributed by atoms with Crippen molar-refractivity contribution in [2.24, 2.45) is 0 Å². The molecule has 0 aromatic heterocycles. The van der Waals surface area contributed by atoms with Gasteiger partial charge in [-0.3, -0.25) is 14.4 Å². The monoisotopic (exact) mass is 306 g/mol. The van der Waals surface area contributed by atoms with Crippen LogP contribution in [0.2, 0.25) is 0 Å². The number of ketones is 2. The molecular weight excluding hydrogens is 280 g/mol. The van der Waals surface area contributed by atoms with Gasteiger partial charge in [0.15, 0.2) is 11.6 Å². The first kappa shape index (κ1) is 20.0. The van der Waals surface area contributed by atoms with Gasteiger partial charge in [0.2, 0.25) is 0 Å². The summed E-state index contributed by atoms with van der Waals surface area (Å²) >= 11 is 0. The molecule has 0 aromatic rings.